The van der Waals surface area contributed by atoms with Crippen LogP contribution in [0.15, 0.2) is 18.2 Å². The predicted molar refractivity (Wildman–Crippen MR) is 121 cm³/mol. The second-order valence-electron chi connectivity index (χ2n) is 7.68. The first-order valence-corrected chi connectivity index (χ1v) is 10.9. The summed E-state index contributed by atoms with van der Waals surface area (Å²) in [6, 6.07) is 5.12. The van der Waals surface area contributed by atoms with Crippen molar-refractivity contribution in [2.75, 3.05) is 10.6 Å². The molecule has 0 spiro atoms. The number of aliphatic hydroxyl groups excluding tert-OH is 1. The summed E-state index contributed by atoms with van der Waals surface area (Å²) in [6.45, 7) is 3.70. The number of nitrogens with one attached hydrogen (secondary N) is 2. The molecule has 1 heterocycles. The summed E-state index contributed by atoms with van der Waals surface area (Å²) in [5, 5.41) is 16.6. The minimum Gasteiger partial charge on any atom is -0.393 e. The van der Waals surface area contributed by atoms with Crippen LogP contribution in [0.3, 0.4) is 0 Å². The van der Waals surface area contributed by atoms with Gasteiger partial charge in [-0.1, -0.05) is 25.4 Å². The Hall–Kier alpha value is -2.71. The Kier molecular flexibility index (Phi) is 7.46. The average Bonchev–Trinajstić information content (AvgIpc) is 2.76. The average molecular weight is 446 g/mol. The summed E-state index contributed by atoms with van der Waals surface area (Å²) in [5.74, 6) is 0.00404. The fourth-order valence-corrected chi connectivity index (χ4v) is 3.87. The lowest BCUT2D eigenvalue weighted by Crippen LogP contribution is -2.29. The molecule has 2 aromatic rings. The highest BCUT2D eigenvalue weighted by Crippen LogP contribution is 2.28. The fourth-order valence-electron chi connectivity index (χ4n) is 3.65. The number of hydrogen-bond donors (Lipinski definition) is 4. The third-order valence-electron chi connectivity index (χ3n) is 5.42. The van der Waals surface area contributed by atoms with Crippen LogP contribution >= 0.6 is 11.6 Å². The lowest BCUT2D eigenvalue weighted by Gasteiger charge is -2.27. The quantitative estimate of drug-likeness (QED) is 0.454. The summed E-state index contributed by atoms with van der Waals surface area (Å²) in [6.07, 6.45) is 3.75. The molecule has 0 atom stereocenters. The molecule has 1 aromatic carbocycles. The molecule has 1 aliphatic carbocycles. The van der Waals surface area contributed by atoms with Crippen LogP contribution in [0.5, 0.6) is 0 Å². The Bertz CT molecular complexity index is 974. The lowest BCUT2D eigenvalue weighted by atomic mass is 9.93. The molecule has 1 amide bonds. The van der Waals surface area contributed by atoms with Gasteiger partial charge < -0.3 is 21.5 Å². The summed E-state index contributed by atoms with van der Waals surface area (Å²) in [7, 11) is 0. The third-order valence-corrected chi connectivity index (χ3v) is 5.75. The van der Waals surface area contributed by atoms with Crippen molar-refractivity contribution in [2.24, 2.45) is 5.73 Å². The Morgan fingerprint density at radius 2 is 1.87 bits per heavy atom. The highest BCUT2D eigenvalue weighted by atomic mass is 35.5. The van der Waals surface area contributed by atoms with Crippen LogP contribution in [-0.4, -0.2) is 38.9 Å². The monoisotopic (exact) mass is 445 g/mol. The number of rotatable bonds is 8. The third kappa shape index (κ3) is 5.51. The summed E-state index contributed by atoms with van der Waals surface area (Å²) >= 11 is 6.16. The van der Waals surface area contributed by atoms with Gasteiger partial charge in [-0.2, -0.15) is 0 Å². The normalized spacial score (nSPS) is 18.5. The van der Waals surface area contributed by atoms with Crippen LogP contribution in [0.25, 0.3) is 0 Å². The SMILES string of the molecule is CCC(=O)c1cc(Nc2nc(NC3CCC(O)CC3)c(CC)nc2C(N)=O)ccc1Cl. The van der Waals surface area contributed by atoms with Crippen molar-refractivity contribution >= 4 is 40.6 Å². The van der Waals surface area contributed by atoms with Crippen molar-refractivity contribution in [3.63, 3.8) is 0 Å². The second kappa shape index (κ2) is 10.1. The van der Waals surface area contributed by atoms with Gasteiger partial charge in [0.1, 0.15) is 5.82 Å². The van der Waals surface area contributed by atoms with Crippen LogP contribution in [0, 0.1) is 0 Å². The van der Waals surface area contributed by atoms with Gasteiger partial charge in [-0.15, -0.1) is 0 Å². The van der Waals surface area contributed by atoms with Gasteiger partial charge in [0.2, 0.25) is 0 Å². The summed E-state index contributed by atoms with van der Waals surface area (Å²) in [5.41, 5.74) is 7.18. The number of amides is 1. The van der Waals surface area contributed by atoms with Gasteiger partial charge in [0, 0.05) is 23.7 Å². The maximum absolute atomic E-state index is 12.2. The summed E-state index contributed by atoms with van der Waals surface area (Å²) < 4.78 is 0. The number of primary amides is 1. The van der Waals surface area contributed by atoms with Gasteiger partial charge >= 0.3 is 0 Å². The number of aryl methyl sites for hydroxylation is 1. The molecule has 1 aliphatic rings. The number of aliphatic hydroxyl groups is 1. The van der Waals surface area contributed by atoms with Crippen LogP contribution in [0.1, 0.15) is 72.5 Å². The molecule has 8 nitrogen and oxygen atoms in total. The van der Waals surface area contributed by atoms with Crippen LogP contribution in [-0.2, 0) is 6.42 Å². The molecule has 0 unspecified atom stereocenters. The van der Waals surface area contributed by atoms with E-state index in [2.05, 4.69) is 20.6 Å². The second-order valence-corrected chi connectivity index (χ2v) is 8.09. The molecule has 1 aromatic heterocycles. The van der Waals surface area contributed by atoms with Crippen molar-refractivity contribution in [3.05, 3.63) is 40.2 Å². The largest absolute Gasteiger partial charge is 0.393 e. The van der Waals surface area contributed by atoms with E-state index in [0.29, 0.717) is 40.6 Å². The number of hydrogen-bond acceptors (Lipinski definition) is 7. The van der Waals surface area contributed by atoms with Gasteiger partial charge in [0.05, 0.1) is 16.8 Å². The first kappa shape index (κ1) is 23.0. The summed E-state index contributed by atoms with van der Waals surface area (Å²) in [4.78, 5) is 33.3. The Balaban J connectivity index is 1.95. The lowest BCUT2D eigenvalue weighted by molar-refractivity contribution is 0.0983. The first-order chi connectivity index (χ1) is 14.8. The van der Waals surface area contributed by atoms with Crippen molar-refractivity contribution in [3.8, 4) is 0 Å². The van der Waals surface area contributed by atoms with Crippen molar-refractivity contribution < 1.29 is 14.7 Å². The van der Waals surface area contributed by atoms with Gasteiger partial charge in [0.25, 0.3) is 5.91 Å². The smallest absolute Gasteiger partial charge is 0.271 e. The van der Waals surface area contributed by atoms with Gasteiger partial charge in [-0.3, -0.25) is 9.59 Å². The molecular weight excluding hydrogens is 418 g/mol. The van der Waals surface area contributed by atoms with E-state index < -0.39 is 5.91 Å². The molecule has 1 fully saturated rings. The van der Waals surface area contributed by atoms with Crippen LogP contribution in [0.2, 0.25) is 5.02 Å². The molecular formula is C22H28ClN5O3. The number of nitrogens with two attached hydrogens (primary N) is 1. The molecule has 0 bridgehead atoms. The van der Waals surface area contributed by atoms with Crippen molar-refractivity contribution in [1.29, 1.82) is 0 Å². The number of halogens is 1. The highest BCUT2D eigenvalue weighted by Gasteiger charge is 2.23. The molecule has 0 aliphatic heterocycles. The number of benzene rings is 1. The van der Waals surface area contributed by atoms with Crippen LogP contribution in [0.4, 0.5) is 17.3 Å². The van der Waals surface area contributed by atoms with Gasteiger partial charge in [-0.25, -0.2) is 9.97 Å². The molecule has 9 heteroatoms. The number of carbonyl (C=O) groups is 2. The van der Waals surface area contributed by atoms with E-state index in [1.807, 2.05) is 6.92 Å². The van der Waals surface area contributed by atoms with Gasteiger partial charge in [-0.05, 0) is 50.3 Å². The Labute approximate surface area is 186 Å². The predicted octanol–water partition coefficient (Wildman–Crippen LogP) is 3.84. The number of carbonyl (C=O) groups excluding carboxylic acids is 2. The molecule has 3 rings (SSSR count). The number of anilines is 3. The van der Waals surface area contributed by atoms with E-state index in [-0.39, 0.29) is 29.4 Å². The minimum atomic E-state index is -0.698. The number of nitrogens with zero attached hydrogens (tertiary/aromatic N) is 2. The fraction of sp³-hybridized carbons (Fsp3) is 0.455. The maximum Gasteiger partial charge on any atom is 0.271 e. The zero-order chi connectivity index (χ0) is 22.5. The zero-order valence-corrected chi connectivity index (χ0v) is 18.5. The standard InChI is InChI=1S/C22H28ClN5O3/c1-3-17-21(25-12-5-8-14(29)9-6-12)28-22(19(27-17)20(24)31)26-13-7-10-16(23)15(11-13)18(30)4-2/h7,10-12,14,29H,3-6,8-9H2,1-2H3,(H2,24,31)(H2,25,26,28). The topological polar surface area (TPSA) is 130 Å². The molecule has 166 valence electrons. The zero-order valence-electron chi connectivity index (χ0n) is 17.7. The molecule has 0 saturated heterocycles. The molecule has 31 heavy (non-hydrogen) atoms. The number of ketones is 1. The molecule has 0 radical (unpaired) electrons. The Morgan fingerprint density at radius 3 is 2.48 bits per heavy atom. The highest BCUT2D eigenvalue weighted by molar-refractivity contribution is 6.34. The van der Waals surface area contributed by atoms with E-state index in [4.69, 9.17) is 17.3 Å². The van der Waals surface area contributed by atoms with E-state index >= 15 is 0 Å². The van der Waals surface area contributed by atoms with Crippen molar-refractivity contribution in [2.45, 2.75) is 64.5 Å². The van der Waals surface area contributed by atoms with Crippen molar-refractivity contribution in [1.82, 2.24) is 9.97 Å². The van der Waals surface area contributed by atoms with Gasteiger partial charge in [0.15, 0.2) is 17.3 Å². The van der Waals surface area contributed by atoms with Crippen LogP contribution < -0.4 is 16.4 Å². The van der Waals surface area contributed by atoms with E-state index in [9.17, 15) is 14.7 Å². The van der Waals surface area contributed by atoms with E-state index in [0.717, 1.165) is 25.7 Å². The molecule has 5 N–H and O–H groups in total. The number of Topliss-reactive ketones (excluding diaryl/α,β-unsaturated/α-hetero) is 1. The first-order valence-electron chi connectivity index (χ1n) is 10.6. The molecule has 1 saturated carbocycles. The minimum absolute atomic E-state index is 0.0276. The Morgan fingerprint density at radius 1 is 1.16 bits per heavy atom. The maximum atomic E-state index is 12.2. The van der Waals surface area contributed by atoms with E-state index in [1.54, 1.807) is 25.1 Å². The van der Waals surface area contributed by atoms with E-state index in [1.165, 1.54) is 0 Å². The number of aromatic nitrogens is 2.